The van der Waals surface area contributed by atoms with Gasteiger partial charge in [0.25, 0.3) is 0 Å². The maximum atomic E-state index is 13.3. The fourth-order valence-electron chi connectivity index (χ4n) is 1.62. The van der Waals surface area contributed by atoms with E-state index in [-0.39, 0.29) is 28.0 Å². The number of hydrogen-bond donors (Lipinski definition) is 0. The van der Waals surface area contributed by atoms with Gasteiger partial charge in [0.15, 0.2) is 5.75 Å². The Hall–Kier alpha value is -1.47. The summed E-state index contributed by atoms with van der Waals surface area (Å²) >= 11 is 17.7. The molecule has 2 nitrogen and oxygen atoms in total. The largest absolute Gasteiger partial charge is 0.486 e. The standard InChI is InChI=1S/C14H7Cl3FNO/c15-10-4-12(16)14(13(17)5-10)20-7-9-1-8(6-19)2-11(18)3-9/h1-5H,7H2. The fourth-order valence-corrected chi connectivity index (χ4v) is 2.55. The van der Waals surface area contributed by atoms with E-state index in [1.165, 1.54) is 24.3 Å². The van der Waals surface area contributed by atoms with E-state index in [1.807, 2.05) is 6.07 Å². The second-order valence-corrected chi connectivity index (χ2v) is 5.20. The van der Waals surface area contributed by atoms with Crippen LogP contribution in [0.3, 0.4) is 0 Å². The summed E-state index contributed by atoms with van der Waals surface area (Å²) in [5.41, 5.74) is 0.723. The van der Waals surface area contributed by atoms with Crippen molar-refractivity contribution in [2.75, 3.05) is 0 Å². The predicted octanol–water partition coefficient (Wildman–Crippen LogP) is 5.24. The molecule has 2 aromatic carbocycles. The third-order valence-corrected chi connectivity index (χ3v) is 3.21. The second-order valence-electron chi connectivity index (χ2n) is 3.95. The zero-order valence-electron chi connectivity index (χ0n) is 9.96. The van der Waals surface area contributed by atoms with Crippen molar-refractivity contribution in [3.63, 3.8) is 0 Å². The average molecular weight is 331 g/mol. The molecule has 2 aromatic rings. The molecule has 0 aromatic heterocycles. The minimum Gasteiger partial charge on any atom is -0.486 e. The Kier molecular flexibility index (Phi) is 4.72. The second kappa shape index (κ2) is 6.32. The first-order valence-electron chi connectivity index (χ1n) is 5.46. The van der Waals surface area contributed by atoms with Crippen LogP contribution in [0.2, 0.25) is 15.1 Å². The van der Waals surface area contributed by atoms with Gasteiger partial charge in [0.1, 0.15) is 12.4 Å². The molecule has 0 saturated carbocycles. The fraction of sp³-hybridized carbons (Fsp3) is 0.0714. The van der Waals surface area contributed by atoms with E-state index in [0.29, 0.717) is 10.6 Å². The SMILES string of the molecule is N#Cc1cc(F)cc(COc2c(Cl)cc(Cl)cc2Cl)c1. The maximum Gasteiger partial charge on any atom is 0.157 e. The topological polar surface area (TPSA) is 33.0 Å². The molecule has 2 rings (SSSR count). The molecule has 0 aliphatic rings. The van der Waals surface area contributed by atoms with Crippen LogP contribution in [0.25, 0.3) is 0 Å². The van der Waals surface area contributed by atoms with Gasteiger partial charge in [0.05, 0.1) is 21.7 Å². The van der Waals surface area contributed by atoms with Gasteiger partial charge >= 0.3 is 0 Å². The quantitative estimate of drug-likeness (QED) is 0.771. The highest BCUT2D eigenvalue weighted by atomic mass is 35.5. The molecule has 0 spiro atoms. The van der Waals surface area contributed by atoms with Crippen LogP contribution in [0.15, 0.2) is 30.3 Å². The van der Waals surface area contributed by atoms with Crippen molar-refractivity contribution in [1.29, 1.82) is 5.26 Å². The molecule has 0 aliphatic carbocycles. The molecule has 0 saturated heterocycles. The van der Waals surface area contributed by atoms with Crippen LogP contribution in [0.4, 0.5) is 4.39 Å². The lowest BCUT2D eigenvalue weighted by atomic mass is 10.1. The lowest BCUT2D eigenvalue weighted by Crippen LogP contribution is -1.98. The van der Waals surface area contributed by atoms with Crippen molar-refractivity contribution in [2.45, 2.75) is 6.61 Å². The summed E-state index contributed by atoms with van der Waals surface area (Å²) in [6.07, 6.45) is 0. The molecule has 0 N–H and O–H groups in total. The maximum absolute atomic E-state index is 13.3. The van der Waals surface area contributed by atoms with Crippen molar-refractivity contribution in [2.24, 2.45) is 0 Å². The Balaban J connectivity index is 2.21. The lowest BCUT2D eigenvalue weighted by molar-refractivity contribution is 0.306. The molecule has 0 unspecified atom stereocenters. The van der Waals surface area contributed by atoms with Crippen LogP contribution in [-0.4, -0.2) is 0 Å². The first-order valence-corrected chi connectivity index (χ1v) is 6.60. The number of rotatable bonds is 3. The Morgan fingerprint density at radius 1 is 1.05 bits per heavy atom. The number of halogens is 4. The molecule has 102 valence electrons. The molecular weight excluding hydrogens is 324 g/mol. The monoisotopic (exact) mass is 329 g/mol. The highest BCUT2D eigenvalue weighted by Crippen LogP contribution is 2.36. The number of benzene rings is 2. The number of nitriles is 1. The molecule has 0 aliphatic heterocycles. The molecule has 0 heterocycles. The zero-order chi connectivity index (χ0) is 14.7. The van der Waals surface area contributed by atoms with Gasteiger partial charge in [0.2, 0.25) is 0 Å². The molecule has 0 amide bonds. The lowest BCUT2D eigenvalue weighted by Gasteiger charge is -2.10. The summed E-state index contributed by atoms with van der Waals surface area (Å²) in [6, 6.07) is 8.81. The van der Waals surface area contributed by atoms with Crippen molar-refractivity contribution in [3.05, 3.63) is 62.3 Å². The van der Waals surface area contributed by atoms with E-state index in [9.17, 15) is 4.39 Å². The number of ether oxygens (including phenoxy) is 1. The van der Waals surface area contributed by atoms with Gasteiger partial charge in [-0.3, -0.25) is 0 Å². The Morgan fingerprint density at radius 3 is 2.30 bits per heavy atom. The summed E-state index contributed by atoms with van der Waals surface area (Å²) in [5, 5.41) is 9.70. The number of nitrogens with zero attached hydrogens (tertiary/aromatic N) is 1. The zero-order valence-corrected chi connectivity index (χ0v) is 12.2. The van der Waals surface area contributed by atoms with Gasteiger partial charge < -0.3 is 4.74 Å². The smallest absolute Gasteiger partial charge is 0.157 e. The van der Waals surface area contributed by atoms with Crippen LogP contribution in [0, 0.1) is 17.1 Å². The number of hydrogen-bond acceptors (Lipinski definition) is 2. The first kappa shape index (κ1) is 14.9. The van der Waals surface area contributed by atoms with Crippen molar-refractivity contribution in [3.8, 4) is 11.8 Å². The highest BCUT2D eigenvalue weighted by molar-refractivity contribution is 6.40. The van der Waals surface area contributed by atoms with E-state index < -0.39 is 5.82 Å². The van der Waals surface area contributed by atoms with Crippen molar-refractivity contribution < 1.29 is 9.13 Å². The van der Waals surface area contributed by atoms with Gasteiger partial charge in [0, 0.05) is 5.02 Å². The highest BCUT2D eigenvalue weighted by Gasteiger charge is 2.10. The van der Waals surface area contributed by atoms with Crippen LogP contribution >= 0.6 is 34.8 Å². The van der Waals surface area contributed by atoms with Crippen LogP contribution in [0.5, 0.6) is 5.75 Å². The van der Waals surface area contributed by atoms with Crippen molar-refractivity contribution >= 4 is 34.8 Å². The van der Waals surface area contributed by atoms with Gasteiger partial charge in [-0.25, -0.2) is 4.39 Å². The molecule has 0 radical (unpaired) electrons. The summed E-state index contributed by atoms with van der Waals surface area (Å²) < 4.78 is 18.7. The molecular formula is C14H7Cl3FNO. The van der Waals surface area contributed by atoms with E-state index in [0.717, 1.165) is 6.07 Å². The summed E-state index contributed by atoms with van der Waals surface area (Å²) in [6.45, 7) is 0.0352. The van der Waals surface area contributed by atoms with E-state index in [4.69, 9.17) is 44.8 Å². The van der Waals surface area contributed by atoms with Gasteiger partial charge in [-0.05, 0) is 35.9 Å². The molecule has 0 atom stereocenters. The van der Waals surface area contributed by atoms with Gasteiger partial charge in [-0.15, -0.1) is 0 Å². The Bertz CT molecular complexity index is 674. The first-order chi connectivity index (χ1) is 9.49. The van der Waals surface area contributed by atoms with E-state index >= 15 is 0 Å². The average Bonchev–Trinajstić information content (AvgIpc) is 2.36. The predicted molar refractivity (Wildman–Crippen MR) is 76.9 cm³/mol. The third-order valence-electron chi connectivity index (χ3n) is 2.43. The summed E-state index contributed by atoms with van der Waals surface area (Å²) in [7, 11) is 0. The third kappa shape index (κ3) is 3.55. The molecule has 20 heavy (non-hydrogen) atoms. The Morgan fingerprint density at radius 2 is 1.70 bits per heavy atom. The molecule has 0 bridgehead atoms. The van der Waals surface area contributed by atoms with Gasteiger partial charge in [-0.2, -0.15) is 5.26 Å². The summed E-state index contributed by atoms with van der Waals surface area (Å²) in [4.78, 5) is 0. The van der Waals surface area contributed by atoms with Crippen LogP contribution in [0.1, 0.15) is 11.1 Å². The molecule has 0 fully saturated rings. The van der Waals surface area contributed by atoms with E-state index in [2.05, 4.69) is 0 Å². The van der Waals surface area contributed by atoms with Crippen LogP contribution < -0.4 is 4.74 Å². The minimum absolute atomic E-state index is 0.0352. The van der Waals surface area contributed by atoms with Crippen LogP contribution in [-0.2, 0) is 6.61 Å². The van der Waals surface area contributed by atoms with Gasteiger partial charge in [-0.1, -0.05) is 34.8 Å². The van der Waals surface area contributed by atoms with Crippen molar-refractivity contribution in [1.82, 2.24) is 0 Å². The minimum atomic E-state index is -0.504. The molecule has 6 heteroatoms. The van der Waals surface area contributed by atoms with E-state index in [1.54, 1.807) is 0 Å². The normalized spacial score (nSPS) is 10.2. The summed E-state index contributed by atoms with van der Waals surface area (Å²) in [5.74, 6) is -0.239. The Labute approximate surface area is 130 Å².